The summed E-state index contributed by atoms with van der Waals surface area (Å²) >= 11 is 0. The zero-order valence-corrected chi connectivity index (χ0v) is 22.6. The van der Waals surface area contributed by atoms with E-state index in [2.05, 4.69) is 54.5 Å². The summed E-state index contributed by atoms with van der Waals surface area (Å²) in [5.74, 6) is 0.365. The highest BCUT2D eigenvalue weighted by Gasteiger charge is 2.70. The van der Waals surface area contributed by atoms with E-state index in [9.17, 15) is 20.1 Å². The van der Waals surface area contributed by atoms with E-state index in [0.717, 1.165) is 51.4 Å². The molecule has 0 radical (unpaired) electrons. The average Bonchev–Trinajstić information content (AvgIpc) is 2.72. The van der Waals surface area contributed by atoms with Crippen LogP contribution in [0, 0.1) is 50.2 Å². The van der Waals surface area contributed by atoms with Crippen molar-refractivity contribution in [3.8, 4) is 0 Å². The van der Waals surface area contributed by atoms with Gasteiger partial charge in [-0.3, -0.25) is 4.79 Å². The Bertz CT molecular complexity index is 919. The van der Waals surface area contributed by atoms with Crippen molar-refractivity contribution in [2.45, 2.75) is 118 Å². The Morgan fingerprint density at radius 1 is 0.882 bits per heavy atom. The Kier molecular flexibility index (Phi) is 5.20. The molecule has 4 heteroatoms. The summed E-state index contributed by atoms with van der Waals surface area (Å²) in [7, 11) is 0. The summed E-state index contributed by atoms with van der Waals surface area (Å²) in [4.78, 5) is 12.8. The maximum atomic E-state index is 12.8. The molecule has 5 rings (SSSR count). The van der Waals surface area contributed by atoms with Crippen LogP contribution in [0.3, 0.4) is 0 Å². The molecule has 0 aromatic heterocycles. The number of hydrogen-bond acceptors (Lipinski definition) is 3. The minimum absolute atomic E-state index is 0.00785. The van der Waals surface area contributed by atoms with Gasteiger partial charge in [-0.15, -0.1) is 0 Å². The molecule has 5 aliphatic carbocycles. The van der Waals surface area contributed by atoms with E-state index in [1.807, 2.05) is 0 Å². The fraction of sp³-hybridized carbons (Fsp3) is 0.900. The van der Waals surface area contributed by atoms with Gasteiger partial charge in [0.05, 0.1) is 17.6 Å². The molecule has 0 amide bonds. The number of hydrogen-bond donors (Lipinski definition) is 3. The Labute approximate surface area is 206 Å². The van der Waals surface area contributed by atoms with Crippen LogP contribution in [0.25, 0.3) is 0 Å². The van der Waals surface area contributed by atoms with Crippen molar-refractivity contribution < 1.29 is 20.1 Å². The second kappa shape index (κ2) is 7.12. The van der Waals surface area contributed by atoms with Gasteiger partial charge in [-0.25, -0.2) is 0 Å². The fourth-order valence-corrected chi connectivity index (χ4v) is 10.8. The summed E-state index contributed by atoms with van der Waals surface area (Å²) in [6.07, 6.45) is 9.45. The molecular weight excluding hydrogens is 424 g/mol. The van der Waals surface area contributed by atoms with Gasteiger partial charge in [0.1, 0.15) is 0 Å². The lowest BCUT2D eigenvalue weighted by Crippen LogP contribution is -2.67. The molecule has 0 unspecified atom stereocenters. The summed E-state index contributed by atoms with van der Waals surface area (Å²) in [5, 5.41) is 32.4. The molecule has 4 saturated carbocycles. The highest BCUT2D eigenvalue weighted by molar-refractivity contribution is 5.76. The molecule has 0 bridgehead atoms. The number of carboxylic acids is 1. The number of allylic oxidation sites excluding steroid dienone is 2. The maximum Gasteiger partial charge on any atom is 0.310 e. The predicted octanol–water partition coefficient (Wildman–Crippen LogP) is 6.20. The zero-order chi connectivity index (χ0) is 25.1. The number of rotatable bonds is 1. The molecule has 192 valence electrons. The molecule has 4 fully saturated rings. The van der Waals surface area contributed by atoms with Crippen LogP contribution in [0.15, 0.2) is 11.6 Å². The van der Waals surface area contributed by atoms with E-state index in [1.165, 1.54) is 5.57 Å². The van der Waals surface area contributed by atoms with Gasteiger partial charge in [0.2, 0.25) is 0 Å². The van der Waals surface area contributed by atoms with E-state index >= 15 is 0 Å². The number of aliphatic carboxylic acids is 1. The smallest absolute Gasteiger partial charge is 0.310 e. The summed E-state index contributed by atoms with van der Waals surface area (Å²) in [5.41, 5.74) is 0.754. The molecule has 0 spiro atoms. The number of carbonyl (C=O) groups is 1. The third kappa shape index (κ3) is 2.88. The van der Waals surface area contributed by atoms with Crippen molar-refractivity contribution >= 4 is 5.97 Å². The van der Waals surface area contributed by atoms with Crippen LogP contribution in [0.1, 0.15) is 106 Å². The molecule has 0 saturated heterocycles. The summed E-state index contributed by atoms with van der Waals surface area (Å²) < 4.78 is 0. The first-order chi connectivity index (χ1) is 15.6. The van der Waals surface area contributed by atoms with Crippen LogP contribution in [-0.2, 0) is 4.79 Å². The van der Waals surface area contributed by atoms with Gasteiger partial charge >= 0.3 is 5.97 Å². The highest BCUT2D eigenvalue weighted by Crippen LogP contribution is 2.75. The quantitative estimate of drug-likeness (QED) is 0.397. The third-order valence-electron chi connectivity index (χ3n) is 13.0. The largest absolute Gasteiger partial charge is 0.481 e. The van der Waals surface area contributed by atoms with Gasteiger partial charge in [-0.2, -0.15) is 0 Å². The van der Waals surface area contributed by atoms with Crippen molar-refractivity contribution in [2.75, 3.05) is 0 Å². The van der Waals surface area contributed by atoms with E-state index in [-0.39, 0.29) is 33.0 Å². The van der Waals surface area contributed by atoms with Crippen molar-refractivity contribution in [3.05, 3.63) is 11.6 Å². The Balaban J connectivity index is 1.61. The summed E-state index contributed by atoms with van der Waals surface area (Å²) in [6.45, 7) is 16.3. The van der Waals surface area contributed by atoms with E-state index in [1.54, 1.807) is 0 Å². The molecular formula is C30H48O4. The minimum Gasteiger partial charge on any atom is -0.481 e. The molecule has 5 aliphatic rings. The molecule has 0 aromatic rings. The van der Waals surface area contributed by atoms with Gasteiger partial charge in [-0.1, -0.05) is 60.1 Å². The van der Waals surface area contributed by atoms with Gasteiger partial charge in [0.15, 0.2) is 0 Å². The Hall–Kier alpha value is -0.870. The highest BCUT2D eigenvalue weighted by atomic mass is 16.4. The van der Waals surface area contributed by atoms with Crippen LogP contribution < -0.4 is 0 Å². The minimum atomic E-state index is -0.679. The van der Waals surface area contributed by atoms with E-state index < -0.39 is 23.6 Å². The van der Waals surface area contributed by atoms with Crippen molar-refractivity contribution in [1.82, 2.24) is 0 Å². The molecule has 0 aromatic carbocycles. The SMILES string of the molecule is CC1(C)CC[C@]2(C(=O)O)CC[C@]3(C)C(=CC[C@H]4[C@@]5(C)C[C@H](O)[C@@H](O)C(C)(C)[C@H]5CC[C@]43C)[C@@H]2C1. The number of aliphatic hydroxyl groups is 2. The van der Waals surface area contributed by atoms with E-state index in [4.69, 9.17) is 0 Å². The molecule has 3 N–H and O–H groups in total. The fourth-order valence-electron chi connectivity index (χ4n) is 10.8. The monoisotopic (exact) mass is 472 g/mol. The number of fused-ring (bicyclic) bond motifs is 7. The van der Waals surface area contributed by atoms with Crippen molar-refractivity contribution in [3.63, 3.8) is 0 Å². The van der Waals surface area contributed by atoms with Gasteiger partial charge in [0, 0.05) is 0 Å². The van der Waals surface area contributed by atoms with Crippen LogP contribution in [0.2, 0.25) is 0 Å². The van der Waals surface area contributed by atoms with E-state index in [0.29, 0.717) is 18.3 Å². The van der Waals surface area contributed by atoms with Gasteiger partial charge in [-0.05, 0) is 103 Å². The first-order valence-electron chi connectivity index (χ1n) is 13.9. The average molecular weight is 473 g/mol. The third-order valence-corrected chi connectivity index (χ3v) is 13.0. The molecule has 0 heterocycles. The Morgan fingerprint density at radius 3 is 2.18 bits per heavy atom. The van der Waals surface area contributed by atoms with Crippen molar-refractivity contribution in [1.29, 1.82) is 0 Å². The number of carboxylic acid groups (broad SMARTS) is 1. The van der Waals surface area contributed by atoms with Crippen LogP contribution in [0.4, 0.5) is 0 Å². The number of aliphatic hydroxyl groups excluding tert-OH is 2. The molecule has 9 atom stereocenters. The molecule has 0 aliphatic heterocycles. The lowest BCUT2D eigenvalue weighted by molar-refractivity contribution is -0.231. The predicted molar refractivity (Wildman–Crippen MR) is 134 cm³/mol. The first kappa shape index (κ1) is 24.8. The van der Waals surface area contributed by atoms with Crippen LogP contribution in [-0.4, -0.2) is 33.5 Å². The van der Waals surface area contributed by atoms with Crippen LogP contribution >= 0.6 is 0 Å². The first-order valence-corrected chi connectivity index (χ1v) is 13.9. The molecule has 4 nitrogen and oxygen atoms in total. The topological polar surface area (TPSA) is 77.8 Å². The zero-order valence-electron chi connectivity index (χ0n) is 22.6. The normalized spacial score (nSPS) is 53.4. The summed E-state index contributed by atoms with van der Waals surface area (Å²) in [6, 6.07) is 0. The Morgan fingerprint density at radius 2 is 1.53 bits per heavy atom. The van der Waals surface area contributed by atoms with Crippen LogP contribution in [0.5, 0.6) is 0 Å². The molecule has 34 heavy (non-hydrogen) atoms. The lowest BCUT2D eigenvalue weighted by Gasteiger charge is -2.71. The van der Waals surface area contributed by atoms with Gasteiger partial charge in [0.25, 0.3) is 0 Å². The second-order valence-electron chi connectivity index (χ2n) is 15.2. The van der Waals surface area contributed by atoms with Crippen molar-refractivity contribution in [2.24, 2.45) is 50.2 Å². The second-order valence-corrected chi connectivity index (χ2v) is 15.2. The van der Waals surface area contributed by atoms with Gasteiger partial charge < -0.3 is 15.3 Å². The standard InChI is InChI=1S/C30H48O4/c1-25(2)12-14-30(24(33)34)15-13-28(6)18(19(30)16-25)8-9-22-27(5)17-20(31)23(32)26(3,4)21(27)10-11-29(22,28)7/h8,19-23,31-32H,9-17H2,1-7H3,(H,33,34)/t19-,20-,21+,22-,23+,27-,28+,29+,30-/m0/s1. The lowest BCUT2D eigenvalue weighted by atomic mass is 9.33. The maximum absolute atomic E-state index is 12.8.